The minimum Gasteiger partial charge on any atom is -0.369 e. The fourth-order valence-electron chi connectivity index (χ4n) is 3.55. The summed E-state index contributed by atoms with van der Waals surface area (Å²) >= 11 is 0. The number of aromatic nitrogens is 2. The van der Waals surface area contributed by atoms with Crippen molar-refractivity contribution < 1.29 is 9.18 Å². The largest absolute Gasteiger partial charge is 0.369 e. The average molecular weight is 483 g/mol. The lowest BCUT2D eigenvalue weighted by Crippen LogP contribution is -2.43. The average Bonchev–Trinajstić information content (AvgIpc) is 3.29. The molecule has 0 radical (unpaired) electrons. The molecule has 8 heteroatoms. The molecule has 2 aromatic rings. The third-order valence-electron chi connectivity index (χ3n) is 4.96. The summed E-state index contributed by atoms with van der Waals surface area (Å²) in [7, 11) is 0. The predicted molar refractivity (Wildman–Crippen MR) is 143 cm³/mol. The van der Waals surface area contributed by atoms with E-state index in [2.05, 4.69) is 52.5 Å². The number of carbonyl (C=O) groups excluding carboxylic acids is 1. The number of rotatable bonds is 4. The van der Waals surface area contributed by atoms with Crippen molar-refractivity contribution in [3.8, 4) is 6.07 Å². The molecule has 1 amide bonds. The molecule has 0 spiro atoms. The summed E-state index contributed by atoms with van der Waals surface area (Å²) in [4.78, 5) is 22.3. The molecule has 1 aliphatic carbocycles. The number of nitrogens with one attached hydrogen (secondary N) is 3. The Hall–Kier alpha value is -3.44. The standard InChI is InChI=1S/C20H21FN6O.C3H8.C2H6.C2H4/c21-15-2-1-3-16(14(15)12-22)26-20(28)11-19-24-17-5-4-13(10-18(17)25-19)27-8-6-23-7-9-27;1-3-2;2*1-2/h3-5,10,23H,1-2,6-9,11H2,(H,24,25)(H,26,28);3H2,1-2H3;1-2H3;1-2H2. The number of hydrogen-bond acceptors (Lipinski definition) is 5. The molecule has 35 heavy (non-hydrogen) atoms. The Balaban J connectivity index is 0.000000797. The van der Waals surface area contributed by atoms with Gasteiger partial charge in [0.2, 0.25) is 5.91 Å². The molecule has 190 valence electrons. The van der Waals surface area contributed by atoms with E-state index >= 15 is 0 Å². The Labute approximate surface area is 208 Å². The van der Waals surface area contributed by atoms with E-state index in [4.69, 9.17) is 5.26 Å². The fraction of sp³-hybridized carbons (Fsp3) is 0.444. The molecule has 2 aliphatic rings. The van der Waals surface area contributed by atoms with Crippen molar-refractivity contribution in [1.29, 1.82) is 5.26 Å². The number of fused-ring (bicyclic) bond motifs is 1. The number of aromatic amines is 1. The minimum atomic E-state index is -0.482. The highest BCUT2D eigenvalue weighted by atomic mass is 19.1. The first kappa shape index (κ1) is 29.6. The summed E-state index contributed by atoms with van der Waals surface area (Å²) < 4.78 is 13.7. The van der Waals surface area contributed by atoms with Crippen LogP contribution in [0, 0.1) is 11.3 Å². The van der Waals surface area contributed by atoms with Crippen LogP contribution in [-0.4, -0.2) is 42.1 Å². The Bertz CT molecular complexity index is 1040. The van der Waals surface area contributed by atoms with Gasteiger partial charge in [0, 0.05) is 38.3 Å². The molecule has 1 aromatic carbocycles. The summed E-state index contributed by atoms with van der Waals surface area (Å²) in [5, 5.41) is 15.1. The lowest BCUT2D eigenvalue weighted by Gasteiger charge is -2.29. The molecular formula is C27H39FN6O. The van der Waals surface area contributed by atoms with Crippen LogP contribution in [0.2, 0.25) is 0 Å². The van der Waals surface area contributed by atoms with Gasteiger partial charge in [-0.1, -0.05) is 40.2 Å². The zero-order valence-corrected chi connectivity index (χ0v) is 21.5. The SMILES string of the molecule is C=C.CC.CCC.N#CC1=C(F)CCC=C1NC(=O)Cc1nc2ccc(N3CCNCC3)cc2[nH]1. The second-order valence-corrected chi connectivity index (χ2v) is 7.60. The van der Waals surface area contributed by atoms with Gasteiger partial charge in [-0.25, -0.2) is 9.37 Å². The smallest absolute Gasteiger partial charge is 0.231 e. The first-order valence-corrected chi connectivity index (χ1v) is 12.3. The zero-order valence-electron chi connectivity index (χ0n) is 21.5. The molecule has 2 heterocycles. The van der Waals surface area contributed by atoms with Crippen LogP contribution in [0.4, 0.5) is 10.1 Å². The number of amides is 1. The molecule has 1 aliphatic heterocycles. The van der Waals surface area contributed by atoms with Crippen molar-refractivity contribution in [3.05, 3.63) is 60.4 Å². The van der Waals surface area contributed by atoms with Crippen molar-refractivity contribution in [3.63, 3.8) is 0 Å². The maximum absolute atomic E-state index is 13.7. The minimum absolute atomic E-state index is 0.0231. The zero-order chi connectivity index (χ0) is 26.2. The number of piperazine rings is 1. The van der Waals surface area contributed by atoms with E-state index in [9.17, 15) is 9.18 Å². The monoisotopic (exact) mass is 482 g/mol. The van der Waals surface area contributed by atoms with Gasteiger partial charge in [0.1, 0.15) is 23.3 Å². The summed E-state index contributed by atoms with van der Waals surface area (Å²) in [5.74, 6) is -0.288. The number of nitriles is 1. The number of nitrogens with zero attached hydrogens (tertiary/aromatic N) is 3. The lowest BCUT2D eigenvalue weighted by atomic mass is 10.0. The Morgan fingerprint density at radius 1 is 1.26 bits per heavy atom. The number of imidazole rings is 1. The van der Waals surface area contributed by atoms with Crippen molar-refractivity contribution >= 4 is 22.6 Å². The number of anilines is 1. The van der Waals surface area contributed by atoms with Gasteiger partial charge in [-0.3, -0.25) is 4.79 Å². The second-order valence-electron chi connectivity index (χ2n) is 7.60. The summed E-state index contributed by atoms with van der Waals surface area (Å²) in [5.41, 5.74) is 2.94. The molecule has 3 N–H and O–H groups in total. The van der Waals surface area contributed by atoms with Gasteiger partial charge in [0.25, 0.3) is 0 Å². The van der Waals surface area contributed by atoms with Crippen LogP contribution in [0.5, 0.6) is 0 Å². The van der Waals surface area contributed by atoms with E-state index in [-0.39, 0.29) is 30.0 Å². The first-order valence-electron chi connectivity index (χ1n) is 12.3. The quantitative estimate of drug-likeness (QED) is 0.514. The fourth-order valence-corrected chi connectivity index (χ4v) is 3.55. The van der Waals surface area contributed by atoms with Gasteiger partial charge in [-0.2, -0.15) is 5.26 Å². The van der Waals surface area contributed by atoms with Gasteiger partial charge in [-0.15, -0.1) is 13.2 Å². The normalized spacial score (nSPS) is 14.7. The van der Waals surface area contributed by atoms with Gasteiger partial charge in [-0.05, 0) is 24.6 Å². The molecular weight excluding hydrogens is 443 g/mol. The predicted octanol–water partition coefficient (Wildman–Crippen LogP) is 5.30. The van der Waals surface area contributed by atoms with Crippen molar-refractivity contribution in [1.82, 2.24) is 20.6 Å². The van der Waals surface area contributed by atoms with Gasteiger partial charge in [0.15, 0.2) is 0 Å². The third kappa shape index (κ3) is 8.69. The van der Waals surface area contributed by atoms with Crippen LogP contribution in [0.25, 0.3) is 11.0 Å². The maximum Gasteiger partial charge on any atom is 0.231 e. The third-order valence-corrected chi connectivity index (χ3v) is 4.96. The second kappa shape index (κ2) is 16.2. The lowest BCUT2D eigenvalue weighted by molar-refractivity contribution is -0.119. The van der Waals surface area contributed by atoms with Crippen LogP contribution >= 0.6 is 0 Å². The van der Waals surface area contributed by atoms with E-state index < -0.39 is 5.83 Å². The van der Waals surface area contributed by atoms with Crippen LogP contribution in [0.3, 0.4) is 0 Å². The van der Waals surface area contributed by atoms with Crippen molar-refractivity contribution in [2.45, 2.75) is 53.4 Å². The van der Waals surface area contributed by atoms with Crippen LogP contribution in [0.1, 0.15) is 52.8 Å². The number of H-pyrrole nitrogens is 1. The molecule has 0 bridgehead atoms. The molecule has 0 unspecified atom stereocenters. The highest BCUT2D eigenvalue weighted by Gasteiger charge is 2.19. The van der Waals surface area contributed by atoms with E-state index in [0.717, 1.165) is 42.9 Å². The molecule has 1 saturated heterocycles. The maximum atomic E-state index is 13.7. The van der Waals surface area contributed by atoms with E-state index in [1.54, 1.807) is 6.08 Å². The van der Waals surface area contributed by atoms with Crippen LogP contribution < -0.4 is 15.5 Å². The molecule has 7 nitrogen and oxygen atoms in total. The molecule has 4 rings (SSSR count). The first-order chi connectivity index (χ1) is 17.0. The number of hydrogen-bond donors (Lipinski definition) is 3. The van der Waals surface area contributed by atoms with E-state index in [1.807, 2.05) is 38.1 Å². The summed E-state index contributed by atoms with van der Waals surface area (Å²) in [6, 6.07) is 7.85. The number of halogens is 1. The summed E-state index contributed by atoms with van der Waals surface area (Å²) in [6.07, 6.45) is 3.61. The molecule has 0 saturated carbocycles. The number of allylic oxidation sites excluding steroid dienone is 3. The molecule has 0 atom stereocenters. The number of carbonyl (C=O) groups is 1. The molecule has 1 aromatic heterocycles. The number of benzene rings is 1. The van der Waals surface area contributed by atoms with Gasteiger partial charge >= 0.3 is 0 Å². The topological polar surface area (TPSA) is 96.8 Å². The van der Waals surface area contributed by atoms with Gasteiger partial charge < -0.3 is 20.5 Å². The molecule has 1 fully saturated rings. The van der Waals surface area contributed by atoms with Gasteiger partial charge in [0.05, 0.1) is 23.2 Å². The Kier molecular flexibility index (Phi) is 13.7. The highest BCUT2D eigenvalue weighted by Crippen LogP contribution is 2.24. The van der Waals surface area contributed by atoms with Crippen molar-refractivity contribution in [2.75, 3.05) is 31.1 Å². The van der Waals surface area contributed by atoms with Crippen molar-refractivity contribution in [2.24, 2.45) is 0 Å². The van der Waals surface area contributed by atoms with E-state index in [0.29, 0.717) is 12.2 Å². The Morgan fingerprint density at radius 3 is 2.54 bits per heavy atom. The van der Waals surface area contributed by atoms with Crippen LogP contribution in [-0.2, 0) is 11.2 Å². The summed E-state index contributed by atoms with van der Waals surface area (Å²) in [6.45, 7) is 18.1. The van der Waals surface area contributed by atoms with E-state index in [1.165, 1.54) is 6.42 Å². The highest BCUT2D eigenvalue weighted by molar-refractivity contribution is 5.84. The Morgan fingerprint density at radius 2 is 1.91 bits per heavy atom. The van der Waals surface area contributed by atoms with Crippen LogP contribution in [0.15, 0.2) is 54.5 Å².